The number of methoxy groups -OCH3 is 2. The largest absolute Gasteiger partial charge is 0.484 e. The first kappa shape index (κ1) is 24.8. The Kier molecular flexibility index (Phi) is 6.86. The summed E-state index contributed by atoms with van der Waals surface area (Å²) < 4.78 is 30.9. The molecule has 0 radical (unpaired) electrons. The molecule has 37 heavy (non-hydrogen) atoms. The highest BCUT2D eigenvalue weighted by Gasteiger charge is 2.39. The van der Waals surface area contributed by atoms with Crippen LogP contribution in [0.25, 0.3) is 11.3 Å². The van der Waals surface area contributed by atoms with Crippen molar-refractivity contribution in [1.29, 1.82) is 0 Å². The van der Waals surface area contributed by atoms with Crippen LogP contribution in [0.4, 0.5) is 4.39 Å². The molecule has 2 aromatic heterocycles. The highest BCUT2D eigenvalue weighted by molar-refractivity contribution is 5.83. The van der Waals surface area contributed by atoms with Crippen LogP contribution in [0.1, 0.15) is 65.5 Å². The number of aryl methyl sites for hydroxylation is 1. The second kappa shape index (κ2) is 10.2. The topological polar surface area (TPSA) is 101 Å². The molecule has 1 unspecified atom stereocenters. The number of aldehydes is 1. The molecule has 8 nitrogen and oxygen atoms in total. The Balaban J connectivity index is 1.43. The van der Waals surface area contributed by atoms with Gasteiger partial charge in [0.1, 0.15) is 28.9 Å². The second-order valence-corrected chi connectivity index (χ2v) is 9.54. The molecule has 1 aliphatic carbocycles. The minimum absolute atomic E-state index is 0.00787. The first-order valence-corrected chi connectivity index (χ1v) is 12.3. The summed E-state index contributed by atoms with van der Waals surface area (Å²) in [6.45, 7) is 1.91. The van der Waals surface area contributed by atoms with Gasteiger partial charge in [0.25, 0.3) is 0 Å². The quantitative estimate of drug-likeness (QED) is 0.316. The number of esters is 1. The average molecular weight is 506 g/mol. The summed E-state index contributed by atoms with van der Waals surface area (Å²) in [6, 6.07) is 7.55. The molecule has 0 bridgehead atoms. The van der Waals surface area contributed by atoms with Crippen molar-refractivity contribution in [3.05, 3.63) is 65.0 Å². The van der Waals surface area contributed by atoms with Crippen molar-refractivity contribution in [3.63, 3.8) is 0 Å². The number of hydrogen-bond donors (Lipinski definition) is 0. The van der Waals surface area contributed by atoms with Gasteiger partial charge in [-0.05, 0) is 54.7 Å². The molecule has 0 N–H and O–H groups in total. The van der Waals surface area contributed by atoms with Crippen molar-refractivity contribution in [2.24, 2.45) is 11.8 Å². The Labute approximate surface area is 214 Å². The molecule has 192 valence electrons. The summed E-state index contributed by atoms with van der Waals surface area (Å²) in [4.78, 5) is 36.9. The number of carbonyl (C=O) groups is 2. The van der Waals surface area contributed by atoms with Gasteiger partial charge in [0.2, 0.25) is 5.88 Å². The minimum Gasteiger partial charge on any atom is -0.484 e. The fourth-order valence-electron chi connectivity index (χ4n) is 5.13. The summed E-state index contributed by atoms with van der Waals surface area (Å²) in [5.41, 5.74) is 2.82. The molecule has 0 spiro atoms. The van der Waals surface area contributed by atoms with Gasteiger partial charge < -0.3 is 14.2 Å². The molecular formula is C28H28FN3O5. The average Bonchev–Trinajstić information content (AvgIpc) is 3.77. The first-order valence-electron chi connectivity index (χ1n) is 12.3. The third-order valence-electron chi connectivity index (χ3n) is 7.22. The zero-order valence-electron chi connectivity index (χ0n) is 20.9. The molecule has 3 heterocycles. The van der Waals surface area contributed by atoms with Gasteiger partial charge in [0.15, 0.2) is 12.1 Å². The number of fused-ring (bicyclic) bond motifs is 1. The summed E-state index contributed by atoms with van der Waals surface area (Å²) in [5, 5.41) is 0. The Morgan fingerprint density at radius 2 is 1.97 bits per heavy atom. The first-order chi connectivity index (χ1) is 17.9. The lowest BCUT2D eigenvalue weighted by Crippen LogP contribution is -2.23. The SMILES string of the molecule is COC(=O)[C@@H](C)[C@H](c1ccc2c(c1)OC(c1cnc(-c3cc(OC)ncc3F)c(C=O)n1)CC2)C1CC1. The van der Waals surface area contributed by atoms with Crippen LogP contribution in [0.2, 0.25) is 0 Å². The molecule has 9 heteroatoms. The standard InChI is InChI=1S/C28H28FN3O5/c1-15(28(34)36-3)26(17-5-6-17)18-7-4-16-8-9-23(37-24(16)10-18)21-13-31-27(22(14-33)32-21)19-11-25(35-2)30-12-20(19)29/h4,7,10-15,17,23,26H,5-6,8-9H2,1-3H3/t15-,23?,26-/m0/s1. The third kappa shape index (κ3) is 4.90. The molecule has 3 aromatic rings. The van der Waals surface area contributed by atoms with Crippen molar-refractivity contribution in [2.75, 3.05) is 14.2 Å². The number of nitrogens with zero attached hydrogens (tertiary/aromatic N) is 3. The number of halogens is 1. The van der Waals surface area contributed by atoms with Crippen LogP contribution in [-0.2, 0) is 16.0 Å². The van der Waals surface area contributed by atoms with Gasteiger partial charge in [-0.2, -0.15) is 0 Å². The van der Waals surface area contributed by atoms with E-state index in [1.807, 2.05) is 13.0 Å². The number of ether oxygens (including phenoxy) is 3. The van der Waals surface area contributed by atoms with Crippen molar-refractivity contribution in [3.8, 4) is 22.9 Å². The number of hydrogen-bond acceptors (Lipinski definition) is 8. The lowest BCUT2D eigenvalue weighted by atomic mass is 9.82. The van der Waals surface area contributed by atoms with E-state index in [1.54, 1.807) is 0 Å². The smallest absolute Gasteiger partial charge is 0.309 e. The lowest BCUT2D eigenvalue weighted by molar-refractivity contribution is -0.145. The summed E-state index contributed by atoms with van der Waals surface area (Å²) in [5.74, 6) is 0.354. The van der Waals surface area contributed by atoms with Gasteiger partial charge in [-0.25, -0.2) is 14.4 Å². The fourth-order valence-corrected chi connectivity index (χ4v) is 5.13. The zero-order chi connectivity index (χ0) is 26.1. The van der Waals surface area contributed by atoms with Gasteiger partial charge in [-0.1, -0.05) is 19.1 Å². The maximum atomic E-state index is 14.5. The van der Waals surface area contributed by atoms with Crippen LogP contribution in [-0.4, -0.2) is 41.4 Å². The van der Waals surface area contributed by atoms with E-state index in [1.165, 1.54) is 26.5 Å². The van der Waals surface area contributed by atoms with Crippen molar-refractivity contribution in [1.82, 2.24) is 15.0 Å². The number of carbonyl (C=O) groups excluding carboxylic acids is 2. The highest BCUT2D eigenvalue weighted by atomic mass is 19.1. The van der Waals surface area contributed by atoms with E-state index in [2.05, 4.69) is 27.1 Å². The van der Waals surface area contributed by atoms with Crippen molar-refractivity contribution in [2.45, 2.75) is 44.6 Å². The molecule has 1 fully saturated rings. The summed E-state index contributed by atoms with van der Waals surface area (Å²) in [6.07, 6.45) is 6.27. The van der Waals surface area contributed by atoms with E-state index in [0.29, 0.717) is 24.3 Å². The number of benzene rings is 1. The lowest BCUT2D eigenvalue weighted by Gasteiger charge is -2.28. The molecule has 3 atom stereocenters. The van der Waals surface area contributed by atoms with Crippen molar-refractivity contribution < 1.29 is 28.2 Å². The van der Waals surface area contributed by atoms with Gasteiger partial charge in [0.05, 0.1) is 32.5 Å². The predicted octanol–water partition coefficient (Wildman–Crippen LogP) is 4.87. The van der Waals surface area contributed by atoms with Gasteiger partial charge in [-0.15, -0.1) is 0 Å². The molecule has 1 saturated carbocycles. The molecule has 5 rings (SSSR count). The van der Waals surface area contributed by atoms with Gasteiger partial charge >= 0.3 is 5.97 Å². The van der Waals surface area contributed by atoms with E-state index < -0.39 is 11.9 Å². The van der Waals surface area contributed by atoms with E-state index in [4.69, 9.17) is 14.2 Å². The van der Waals surface area contributed by atoms with Crippen LogP contribution in [0.15, 0.2) is 36.7 Å². The molecule has 0 amide bonds. The van der Waals surface area contributed by atoms with Crippen LogP contribution in [0.5, 0.6) is 11.6 Å². The van der Waals surface area contributed by atoms with Crippen LogP contribution in [0.3, 0.4) is 0 Å². The maximum Gasteiger partial charge on any atom is 0.309 e. The zero-order valence-corrected chi connectivity index (χ0v) is 20.9. The Hall–Kier alpha value is -3.88. The van der Waals surface area contributed by atoms with Crippen LogP contribution >= 0.6 is 0 Å². The molecule has 2 aliphatic rings. The Morgan fingerprint density at radius 3 is 2.68 bits per heavy atom. The molecular weight excluding hydrogens is 477 g/mol. The Morgan fingerprint density at radius 1 is 1.16 bits per heavy atom. The van der Waals surface area contributed by atoms with Crippen molar-refractivity contribution >= 4 is 12.3 Å². The van der Waals surface area contributed by atoms with E-state index in [-0.39, 0.29) is 40.6 Å². The monoisotopic (exact) mass is 505 g/mol. The van der Waals surface area contributed by atoms with E-state index >= 15 is 0 Å². The van der Waals surface area contributed by atoms with Crippen LogP contribution in [0, 0.1) is 17.7 Å². The van der Waals surface area contributed by atoms with Crippen LogP contribution < -0.4 is 9.47 Å². The maximum absolute atomic E-state index is 14.5. The summed E-state index contributed by atoms with van der Waals surface area (Å²) >= 11 is 0. The third-order valence-corrected chi connectivity index (χ3v) is 7.22. The Bertz CT molecular complexity index is 1340. The van der Waals surface area contributed by atoms with Gasteiger partial charge in [0, 0.05) is 11.6 Å². The molecule has 1 aromatic carbocycles. The second-order valence-electron chi connectivity index (χ2n) is 9.54. The predicted molar refractivity (Wildman–Crippen MR) is 132 cm³/mol. The summed E-state index contributed by atoms with van der Waals surface area (Å²) in [7, 11) is 2.84. The van der Waals surface area contributed by atoms with Gasteiger partial charge in [-0.3, -0.25) is 14.6 Å². The molecule has 1 aliphatic heterocycles. The highest BCUT2D eigenvalue weighted by Crippen LogP contribution is 2.48. The number of rotatable bonds is 8. The minimum atomic E-state index is -0.632. The van der Waals surface area contributed by atoms with E-state index in [0.717, 1.165) is 42.3 Å². The number of pyridine rings is 1. The number of aromatic nitrogens is 3. The fraction of sp³-hybridized carbons (Fsp3) is 0.393. The molecule has 0 saturated heterocycles. The van der Waals surface area contributed by atoms with E-state index in [9.17, 15) is 14.0 Å². The normalized spacial score (nSPS) is 18.2.